The lowest BCUT2D eigenvalue weighted by Crippen LogP contribution is -2.17. The van der Waals surface area contributed by atoms with Crippen LogP contribution in [0.25, 0.3) is 0 Å². The van der Waals surface area contributed by atoms with Crippen LogP contribution in [0.3, 0.4) is 0 Å². The molecule has 78 valence electrons. The van der Waals surface area contributed by atoms with Gasteiger partial charge in [-0.2, -0.15) is 0 Å². The van der Waals surface area contributed by atoms with Gasteiger partial charge in [-0.3, -0.25) is 0 Å². The van der Waals surface area contributed by atoms with Gasteiger partial charge in [0, 0.05) is 23.1 Å². The van der Waals surface area contributed by atoms with Crippen molar-refractivity contribution in [2.75, 3.05) is 11.9 Å². The molecule has 0 unspecified atom stereocenters. The molecule has 0 aliphatic heterocycles. The zero-order valence-corrected chi connectivity index (χ0v) is 10.6. The summed E-state index contributed by atoms with van der Waals surface area (Å²) in [5.74, 6) is 0.950. The standard InChI is InChI=1S/C10H10BrN3S/c1-14(5-9-6-15-7-13-9)10-3-2-8(11)4-12-10/h2-4,6-7H,5H2,1H3. The normalized spacial score (nSPS) is 10.3. The number of rotatable bonds is 3. The molecule has 15 heavy (non-hydrogen) atoms. The second-order valence-corrected chi connectivity index (χ2v) is 4.80. The summed E-state index contributed by atoms with van der Waals surface area (Å²) >= 11 is 4.98. The van der Waals surface area contributed by atoms with Crippen LogP contribution in [0.1, 0.15) is 5.69 Å². The van der Waals surface area contributed by atoms with E-state index in [2.05, 4.69) is 36.2 Å². The van der Waals surface area contributed by atoms with Crippen molar-refractivity contribution < 1.29 is 0 Å². The second-order valence-electron chi connectivity index (χ2n) is 3.17. The Balaban J connectivity index is 2.08. The Morgan fingerprint density at radius 2 is 2.27 bits per heavy atom. The molecule has 0 amide bonds. The van der Waals surface area contributed by atoms with E-state index in [1.165, 1.54) is 0 Å². The molecule has 2 rings (SSSR count). The van der Waals surface area contributed by atoms with Crippen LogP contribution in [0.2, 0.25) is 0 Å². The summed E-state index contributed by atoms with van der Waals surface area (Å²) in [6.07, 6.45) is 1.80. The lowest BCUT2D eigenvalue weighted by Gasteiger charge is -2.16. The smallest absolute Gasteiger partial charge is 0.128 e. The van der Waals surface area contributed by atoms with Crippen LogP contribution < -0.4 is 4.90 Å². The molecule has 2 aromatic heterocycles. The highest BCUT2D eigenvalue weighted by Crippen LogP contribution is 2.15. The Morgan fingerprint density at radius 1 is 1.40 bits per heavy atom. The molecule has 0 N–H and O–H groups in total. The van der Waals surface area contributed by atoms with Gasteiger partial charge >= 0.3 is 0 Å². The van der Waals surface area contributed by atoms with Gasteiger partial charge in [0.25, 0.3) is 0 Å². The first-order valence-electron chi connectivity index (χ1n) is 4.45. The van der Waals surface area contributed by atoms with Crippen LogP contribution >= 0.6 is 27.3 Å². The van der Waals surface area contributed by atoms with Crippen molar-refractivity contribution in [3.05, 3.63) is 39.4 Å². The van der Waals surface area contributed by atoms with Crippen molar-refractivity contribution in [1.82, 2.24) is 9.97 Å². The number of aromatic nitrogens is 2. The minimum Gasteiger partial charge on any atom is -0.354 e. The Bertz CT molecular complexity index is 413. The fourth-order valence-electron chi connectivity index (χ4n) is 1.23. The van der Waals surface area contributed by atoms with E-state index in [0.717, 1.165) is 22.5 Å². The summed E-state index contributed by atoms with van der Waals surface area (Å²) in [5.41, 5.74) is 2.92. The molecular formula is C10H10BrN3S. The van der Waals surface area contributed by atoms with E-state index in [4.69, 9.17) is 0 Å². The lowest BCUT2D eigenvalue weighted by atomic mass is 10.4. The molecule has 5 heteroatoms. The summed E-state index contributed by atoms with van der Waals surface area (Å²) in [6, 6.07) is 3.97. The molecule has 2 heterocycles. The molecular weight excluding hydrogens is 274 g/mol. The highest BCUT2D eigenvalue weighted by Gasteiger charge is 2.04. The van der Waals surface area contributed by atoms with E-state index in [1.807, 2.05) is 24.7 Å². The molecule has 2 aromatic rings. The molecule has 0 aliphatic rings. The highest BCUT2D eigenvalue weighted by atomic mass is 79.9. The number of nitrogens with zero attached hydrogens (tertiary/aromatic N) is 3. The molecule has 0 spiro atoms. The fraction of sp³-hybridized carbons (Fsp3) is 0.200. The Hall–Kier alpha value is -0.940. The van der Waals surface area contributed by atoms with E-state index >= 15 is 0 Å². The van der Waals surface area contributed by atoms with Crippen LogP contribution in [-0.4, -0.2) is 17.0 Å². The fourth-order valence-corrected chi connectivity index (χ4v) is 2.02. The van der Waals surface area contributed by atoms with Crippen LogP contribution in [-0.2, 0) is 6.54 Å². The topological polar surface area (TPSA) is 29.0 Å². The van der Waals surface area contributed by atoms with Crippen LogP contribution in [0, 0.1) is 0 Å². The molecule has 3 nitrogen and oxygen atoms in total. The van der Waals surface area contributed by atoms with Gasteiger partial charge < -0.3 is 4.90 Å². The predicted molar refractivity (Wildman–Crippen MR) is 66.2 cm³/mol. The first-order valence-corrected chi connectivity index (χ1v) is 6.19. The predicted octanol–water partition coefficient (Wildman–Crippen LogP) is 2.94. The summed E-state index contributed by atoms with van der Waals surface area (Å²) in [4.78, 5) is 10.6. The van der Waals surface area contributed by atoms with Crippen molar-refractivity contribution in [3.63, 3.8) is 0 Å². The molecule has 0 fully saturated rings. The van der Waals surface area contributed by atoms with E-state index in [1.54, 1.807) is 17.5 Å². The quantitative estimate of drug-likeness (QED) is 0.867. The van der Waals surface area contributed by atoms with Crippen LogP contribution in [0.15, 0.2) is 33.7 Å². The first-order chi connectivity index (χ1) is 7.25. The summed E-state index contributed by atoms with van der Waals surface area (Å²) in [6.45, 7) is 0.790. The van der Waals surface area contributed by atoms with Gasteiger partial charge in [0.1, 0.15) is 5.82 Å². The Labute approximate surface area is 101 Å². The highest BCUT2D eigenvalue weighted by molar-refractivity contribution is 9.10. The third-order valence-electron chi connectivity index (χ3n) is 1.99. The Morgan fingerprint density at radius 3 is 2.87 bits per heavy atom. The second kappa shape index (κ2) is 4.72. The Kier molecular flexibility index (Phi) is 3.33. The molecule has 0 atom stereocenters. The summed E-state index contributed by atoms with van der Waals surface area (Å²) in [7, 11) is 2.01. The van der Waals surface area contributed by atoms with Crippen molar-refractivity contribution >= 4 is 33.1 Å². The van der Waals surface area contributed by atoms with E-state index in [0.29, 0.717) is 0 Å². The van der Waals surface area contributed by atoms with Gasteiger partial charge in [-0.05, 0) is 28.1 Å². The molecule has 0 saturated heterocycles. The molecule has 0 saturated carbocycles. The zero-order valence-electron chi connectivity index (χ0n) is 8.22. The number of pyridine rings is 1. The average Bonchev–Trinajstić information content (AvgIpc) is 2.71. The molecule has 0 bridgehead atoms. The molecule has 0 aliphatic carbocycles. The van der Waals surface area contributed by atoms with Crippen molar-refractivity contribution in [3.8, 4) is 0 Å². The van der Waals surface area contributed by atoms with Gasteiger partial charge in [-0.15, -0.1) is 11.3 Å². The monoisotopic (exact) mass is 283 g/mol. The third kappa shape index (κ3) is 2.76. The third-order valence-corrected chi connectivity index (χ3v) is 3.09. The SMILES string of the molecule is CN(Cc1cscn1)c1ccc(Br)cn1. The molecule has 0 radical (unpaired) electrons. The maximum absolute atomic E-state index is 4.31. The van der Waals surface area contributed by atoms with E-state index in [-0.39, 0.29) is 0 Å². The van der Waals surface area contributed by atoms with Gasteiger partial charge in [-0.25, -0.2) is 9.97 Å². The number of hydrogen-bond acceptors (Lipinski definition) is 4. The van der Waals surface area contributed by atoms with Crippen molar-refractivity contribution in [2.24, 2.45) is 0 Å². The minimum absolute atomic E-state index is 0.790. The van der Waals surface area contributed by atoms with Gasteiger partial charge in [0.2, 0.25) is 0 Å². The summed E-state index contributed by atoms with van der Waals surface area (Å²) in [5, 5.41) is 2.05. The van der Waals surface area contributed by atoms with Crippen LogP contribution in [0.5, 0.6) is 0 Å². The van der Waals surface area contributed by atoms with E-state index in [9.17, 15) is 0 Å². The van der Waals surface area contributed by atoms with E-state index < -0.39 is 0 Å². The number of halogens is 1. The summed E-state index contributed by atoms with van der Waals surface area (Å²) < 4.78 is 0.994. The minimum atomic E-state index is 0.790. The van der Waals surface area contributed by atoms with Crippen molar-refractivity contribution in [1.29, 1.82) is 0 Å². The van der Waals surface area contributed by atoms with Gasteiger partial charge in [-0.1, -0.05) is 0 Å². The van der Waals surface area contributed by atoms with Crippen LogP contribution in [0.4, 0.5) is 5.82 Å². The van der Waals surface area contributed by atoms with Gasteiger partial charge in [0.05, 0.1) is 17.7 Å². The first kappa shape index (κ1) is 10.6. The molecule has 0 aromatic carbocycles. The number of hydrogen-bond donors (Lipinski definition) is 0. The number of anilines is 1. The zero-order chi connectivity index (χ0) is 10.7. The number of thiazole rings is 1. The van der Waals surface area contributed by atoms with Gasteiger partial charge in [0.15, 0.2) is 0 Å². The van der Waals surface area contributed by atoms with Crippen molar-refractivity contribution in [2.45, 2.75) is 6.54 Å². The average molecular weight is 284 g/mol. The lowest BCUT2D eigenvalue weighted by molar-refractivity contribution is 0.873. The maximum Gasteiger partial charge on any atom is 0.128 e. The largest absolute Gasteiger partial charge is 0.354 e. The maximum atomic E-state index is 4.31.